The first-order chi connectivity index (χ1) is 24.7. The van der Waals surface area contributed by atoms with Gasteiger partial charge in [0, 0.05) is 0 Å². The second-order valence-electron chi connectivity index (χ2n) is 14.6. The van der Waals surface area contributed by atoms with Gasteiger partial charge in [-0.25, -0.2) is 0 Å². The molecule has 0 aliphatic rings. The van der Waals surface area contributed by atoms with Gasteiger partial charge in [-0.2, -0.15) is 0 Å². The molecule has 0 atom stereocenters. The Hall–Kier alpha value is -5.27. The highest BCUT2D eigenvalue weighted by molar-refractivity contribution is 6.72. The first-order valence-electron chi connectivity index (χ1n) is 18.2. The van der Waals surface area contributed by atoms with Gasteiger partial charge >= 0.3 is 0 Å². The van der Waals surface area contributed by atoms with E-state index in [0.717, 1.165) is 0 Å². The minimum Gasteiger partial charge on any atom is -0.101 e. The van der Waals surface area contributed by atoms with Crippen LogP contribution in [0.1, 0.15) is 0 Å². The van der Waals surface area contributed by atoms with Crippen molar-refractivity contribution in [3.8, 4) is 33.4 Å². The van der Waals surface area contributed by atoms with E-state index < -0.39 is 0 Å². The highest BCUT2D eigenvalue weighted by atomic mass is 14.2. The molecule has 0 saturated carbocycles. The van der Waals surface area contributed by atoms with Gasteiger partial charge in [-0.05, 0) is 99.4 Å². The van der Waals surface area contributed by atoms with Crippen molar-refractivity contribution in [1.29, 1.82) is 0 Å². The minimum atomic E-state index is 1.25. The summed E-state index contributed by atoms with van der Waals surface area (Å²) in [6.07, 6.45) is 0. The van der Waals surface area contributed by atoms with Crippen LogP contribution in [0.5, 0.6) is 0 Å². The Bertz CT molecular complexity index is 2880. The number of hydrogen-bond acceptors (Lipinski definition) is 0. The number of benzene rings is 9. The summed E-state index contributed by atoms with van der Waals surface area (Å²) < 4.78 is 0. The van der Waals surface area contributed by atoms with E-state index >= 15 is 0 Å². The number of hydrogen-bond donors (Lipinski definition) is 0. The van der Waals surface area contributed by atoms with Crippen LogP contribution in [0.2, 0.25) is 0 Å². The Morgan fingerprint density at radius 3 is 1.37 bits per heavy atom. The fraction of sp³-hybridized carbons (Fsp3) is 0. The lowest BCUT2D eigenvalue weighted by Gasteiger charge is -2.27. The van der Waals surface area contributed by atoms with Gasteiger partial charge in [0.05, 0.1) is 0 Å². The molecule has 0 aliphatic carbocycles. The molecular weight excluding hydrogens is 604 g/mol. The molecule has 0 unspecified atom stereocenters. The lowest BCUT2D eigenvalue weighted by molar-refractivity contribution is 1.67. The van der Waals surface area contributed by atoms with Gasteiger partial charge in [-0.3, -0.25) is 0 Å². The minimum absolute atomic E-state index is 1.25. The predicted octanol–water partition coefficient (Wildman–Crippen LogP) is 0.262. The van der Waals surface area contributed by atoms with Crippen LogP contribution in [0.15, 0.2) is 127 Å². The molecule has 0 spiro atoms. The van der Waals surface area contributed by atoms with Crippen molar-refractivity contribution >= 4 is 147 Å². The maximum Gasteiger partial charge on any atom is 0.139 e. The summed E-state index contributed by atoms with van der Waals surface area (Å²) in [5.74, 6) is 0. The Morgan fingerprint density at radius 1 is 0.275 bits per heavy atom. The van der Waals surface area contributed by atoms with E-state index in [1.165, 1.54) is 125 Å². The van der Waals surface area contributed by atoms with Crippen molar-refractivity contribution in [2.24, 2.45) is 0 Å². The molecule has 0 nitrogen and oxygen atoms in total. The van der Waals surface area contributed by atoms with Crippen LogP contribution >= 0.6 is 0 Å². The van der Waals surface area contributed by atoms with Gasteiger partial charge in [0.15, 0.2) is 0 Å². The monoisotopic (exact) mass is 640 g/mol. The van der Waals surface area contributed by atoms with Gasteiger partial charge in [0.25, 0.3) is 0 Å². The van der Waals surface area contributed by atoms with Gasteiger partial charge < -0.3 is 0 Å². The SMILES string of the molecule is Bc1c(B)c(B)c2c(-c3c4ccccc4c(-c4ccc5ccc(-c6cccc7ccccc67)cc5c4)c4ccccc34)c(B)c(B)c(B)c2c1B. The Balaban J connectivity index is 1.36. The van der Waals surface area contributed by atoms with Crippen molar-refractivity contribution < 1.29 is 0 Å². The van der Waals surface area contributed by atoms with Crippen LogP contribution in [-0.4, -0.2) is 54.9 Å². The third kappa shape index (κ3) is 4.71. The first kappa shape index (κ1) is 31.7. The normalized spacial score (nSPS) is 11.7. The average Bonchev–Trinajstić information content (AvgIpc) is 3.17. The Labute approximate surface area is 306 Å². The van der Waals surface area contributed by atoms with Crippen LogP contribution in [0.25, 0.3) is 87.2 Å². The lowest BCUT2D eigenvalue weighted by atomic mass is 9.58. The zero-order valence-electron chi connectivity index (χ0n) is 30.6. The average molecular weight is 639 g/mol. The van der Waals surface area contributed by atoms with Gasteiger partial charge in [0.2, 0.25) is 0 Å². The summed E-state index contributed by atoms with van der Waals surface area (Å²) in [7, 11) is 16.2. The van der Waals surface area contributed by atoms with E-state index in [-0.39, 0.29) is 0 Å². The fourth-order valence-corrected chi connectivity index (χ4v) is 9.01. The van der Waals surface area contributed by atoms with Gasteiger partial charge in [-0.15, -0.1) is 16.4 Å². The molecule has 51 heavy (non-hydrogen) atoms. The van der Waals surface area contributed by atoms with E-state index in [0.29, 0.717) is 0 Å². The van der Waals surface area contributed by atoms with Crippen molar-refractivity contribution in [2.45, 2.75) is 0 Å². The summed E-state index contributed by atoms with van der Waals surface area (Å²) in [6, 6.07) is 47.5. The van der Waals surface area contributed by atoms with Crippen LogP contribution in [-0.2, 0) is 0 Å². The lowest BCUT2D eigenvalue weighted by Crippen LogP contribution is -2.52. The molecule has 0 heterocycles. The molecule has 9 aromatic rings. The predicted molar refractivity (Wildman–Crippen MR) is 248 cm³/mol. The fourth-order valence-electron chi connectivity index (χ4n) is 9.01. The molecule has 7 heteroatoms. The highest BCUT2D eigenvalue weighted by Gasteiger charge is 2.23. The summed E-state index contributed by atoms with van der Waals surface area (Å²) in [5.41, 5.74) is 17.6. The summed E-state index contributed by atoms with van der Waals surface area (Å²) in [6.45, 7) is 0. The second-order valence-corrected chi connectivity index (χ2v) is 14.6. The van der Waals surface area contributed by atoms with Crippen LogP contribution in [0, 0.1) is 0 Å². The third-order valence-corrected chi connectivity index (χ3v) is 12.2. The van der Waals surface area contributed by atoms with Crippen molar-refractivity contribution in [1.82, 2.24) is 0 Å². The van der Waals surface area contributed by atoms with E-state index in [2.05, 4.69) is 182 Å². The Morgan fingerprint density at radius 2 is 0.745 bits per heavy atom. The maximum atomic E-state index is 2.41. The summed E-state index contributed by atoms with van der Waals surface area (Å²) in [5, 5.41) is 13.1. The zero-order chi connectivity index (χ0) is 35.1. The molecule has 0 radical (unpaired) electrons. The molecule has 0 aromatic heterocycles. The molecule has 0 bridgehead atoms. The first-order valence-corrected chi connectivity index (χ1v) is 18.2. The smallest absolute Gasteiger partial charge is 0.101 e. The van der Waals surface area contributed by atoms with E-state index in [4.69, 9.17) is 0 Å². The van der Waals surface area contributed by atoms with Crippen molar-refractivity contribution in [2.75, 3.05) is 0 Å². The van der Waals surface area contributed by atoms with Crippen LogP contribution in [0.3, 0.4) is 0 Å². The molecular formula is C44H35B7. The molecule has 0 saturated heterocycles. The third-order valence-electron chi connectivity index (χ3n) is 12.2. The number of fused-ring (bicyclic) bond motifs is 5. The van der Waals surface area contributed by atoms with Crippen molar-refractivity contribution in [3.05, 3.63) is 127 Å². The number of rotatable bonds is 3. The quantitative estimate of drug-likeness (QED) is 0.193. The highest BCUT2D eigenvalue weighted by Crippen LogP contribution is 2.45. The molecule has 0 N–H and O–H groups in total. The van der Waals surface area contributed by atoms with E-state index in [1.807, 2.05) is 0 Å². The van der Waals surface area contributed by atoms with E-state index in [1.54, 1.807) is 0 Å². The maximum absolute atomic E-state index is 2.41. The van der Waals surface area contributed by atoms with Crippen LogP contribution in [0.4, 0.5) is 0 Å². The second kappa shape index (κ2) is 11.9. The molecule has 9 aromatic carbocycles. The zero-order valence-corrected chi connectivity index (χ0v) is 30.6. The molecule has 9 rings (SSSR count). The van der Waals surface area contributed by atoms with Gasteiger partial charge in [0.1, 0.15) is 54.9 Å². The van der Waals surface area contributed by atoms with Crippen LogP contribution < -0.4 is 38.2 Å². The standard InChI is InChI=1S/C44H35B7/c45-38-35(36-37(40(47)42(38)49)41(48)44(51)43(50)39(36)46)34-31-13-5-3-11-29(31)33(30-12-4-6-14-32(30)34)25-19-17-22-16-18-24(20-26(22)21-25)28-15-7-9-23-8-1-2-10-27(23)28/h1-21H,45-51H2. The van der Waals surface area contributed by atoms with Gasteiger partial charge in [-0.1, -0.05) is 137 Å². The Kier molecular flexibility index (Phi) is 7.41. The summed E-state index contributed by atoms with van der Waals surface area (Å²) >= 11 is 0. The topological polar surface area (TPSA) is 0 Å². The van der Waals surface area contributed by atoms with Crippen molar-refractivity contribution in [3.63, 3.8) is 0 Å². The van der Waals surface area contributed by atoms with E-state index in [9.17, 15) is 0 Å². The summed E-state index contributed by atoms with van der Waals surface area (Å²) in [4.78, 5) is 0. The molecule has 0 amide bonds. The molecule has 0 fully saturated rings. The molecule has 0 aliphatic heterocycles. The molecule has 232 valence electrons. The largest absolute Gasteiger partial charge is 0.139 e.